The highest BCUT2D eigenvalue weighted by atomic mass is 16.5. The molecule has 5 rings (SSSR count). The standard InChI is InChI=1S/C29H32N6O4/c1-29(2,3)24-16-26(34-39-24)33-28(37)27(36)22-8-9-23(21-7-5-4-6-20(21)22)30-11-10-25-31-17-19(18-32-25)35-12-14-38-15-13-35/h4-9,16-18,30H,10-15H2,1-3H3,(H,33,34,37). The number of amides is 1. The van der Waals surface area contributed by atoms with E-state index in [1.54, 1.807) is 12.1 Å². The van der Waals surface area contributed by atoms with Crippen molar-refractivity contribution in [1.29, 1.82) is 0 Å². The molecule has 202 valence electrons. The Labute approximate surface area is 226 Å². The zero-order valence-electron chi connectivity index (χ0n) is 22.4. The van der Waals surface area contributed by atoms with E-state index in [1.807, 2.05) is 63.5 Å². The van der Waals surface area contributed by atoms with Gasteiger partial charge in [0, 0.05) is 54.2 Å². The van der Waals surface area contributed by atoms with E-state index in [0.29, 0.717) is 42.9 Å². The van der Waals surface area contributed by atoms with Crippen molar-refractivity contribution in [2.75, 3.05) is 48.4 Å². The number of rotatable bonds is 8. The van der Waals surface area contributed by atoms with Gasteiger partial charge < -0.3 is 24.8 Å². The van der Waals surface area contributed by atoms with Gasteiger partial charge in [-0.1, -0.05) is 50.2 Å². The van der Waals surface area contributed by atoms with Crippen LogP contribution in [0.2, 0.25) is 0 Å². The van der Waals surface area contributed by atoms with E-state index in [9.17, 15) is 9.59 Å². The number of anilines is 3. The summed E-state index contributed by atoms with van der Waals surface area (Å²) in [6.45, 7) is 9.65. The van der Waals surface area contributed by atoms with Crippen LogP contribution in [-0.2, 0) is 21.4 Å². The minimum Gasteiger partial charge on any atom is -0.384 e. The maximum absolute atomic E-state index is 13.1. The smallest absolute Gasteiger partial charge is 0.298 e. The first-order valence-corrected chi connectivity index (χ1v) is 13.0. The summed E-state index contributed by atoms with van der Waals surface area (Å²) in [5.41, 5.74) is 1.91. The molecule has 0 saturated carbocycles. The molecule has 0 spiro atoms. The Hall–Kier alpha value is -4.31. The number of hydrogen-bond acceptors (Lipinski definition) is 9. The van der Waals surface area contributed by atoms with Crippen molar-refractivity contribution in [2.24, 2.45) is 0 Å². The van der Waals surface area contributed by atoms with E-state index in [0.717, 1.165) is 35.7 Å². The fourth-order valence-corrected chi connectivity index (χ4v) is 4.41. The average molecular weight is 529 g/mol. The molecule has 1 fully saturated rings. The van der Waals surface area contributed by atoms with Gasteiger partial charge >= 0.3 is 0 Å². The number of carbonyl (C=O) groups is 2. The molecule has 2 N–H and O–H groups in total. The zero-order valence-corrected chi connectivity index (χ0v) is 22.4. The lowest BCUT2D eigenvalue weighted by Gasteiger charge is -2.28. The third-order valence-corrected chi connectivity index (χ3v) is 6.60. The number of benzene rings is 2. The molecule has 2 aromatic carbocycles. The molecule has 1 saturated heterocycles. The summed E-state index contributed by atoms with van der Waals surface area (Å²) in [4.78, 5) is 37.1. The summed E-state index contributed by atoms with van der Waals surface area (Å²) < 4.78 is 10.7. The van der Waals surface area contributed by atoms with Gasteiger partial charge in [0.15, 0.2) is 5.82 Å². The normalized spacial score (nSPS) is 13.9. The number of nitrogens with zero attached hydrogens (tertiary/aromatic N) is 4. The summed E-state index contributed by atoms with van der Waals surface area (Å²) in [7, 11) is 0. The SMILES string of the molecule is CC(C)(C)c1cc(NC(=O)C(=O)c2ccc(NCCc3ncc(N4CCOCC4)cn3)c3ccccc23)no1. The molecule has 0 unspecified atom stereocenters. The maximum atomic E-state index is 13.1. The Morgan fingerprint density at radius 3 is 2.41 bits per heavy atom. The number of hydrogen-bond donors (Lipinski definition) is 2. The van der Waals surface area contributed by atoms with E-state index >= 15 is 0 Å². The van der Waals surface area contributed by atoms with E-state index in [-0.39, 0.29) is 11.2 Å². The predicted octanol–water partition coefficient (Wildman–Crippen LogP) is 4.23. The second kappa shape index (κ2) is 11.2. The fraction of sp³-hybridized carbons (Fsp3) is 0.345. The Bertz CT molecular complexity index is 1470. The van der Waals surface area contributed by atoms with Gasteiger partial charge in [0.2, 0.25) is 0 Å². The number of ether oxygens (including phenoxy) is 1. The Morgan fingerprint density at radius 2 is 1.72 bits per heavy atom. The van der Waals surface area contributed by atoms with Crippen LogP contribution >= 0.6 is 0 Å². The van der Waals surface area contributed by atoms with Crippen LogP contribution in [0.15, 0.2) is 59.4 Å². The van der Waals surface area contributed by atoms with Crippen molar-refractivity contribution >= 4 is 39.7 Å². The topological polar surface area (TPSA) is 122 Å². The van der Waals surface area contributed by atoms with Crippen LogP contribution in [0.1, 0.15) is 42.7 Å². The molecule has 2 aromatic heterocycles. The minimum absolute atomic E-state index is 0.209. The summed E-state index contributed by atoms with van der Waals surface area (Å²) in [6.07, 6.45) is 4.35. The van der Waals surface area contributed by atoms with Crippen LogP contribution in [-0.4, -0.2) is 59.7 Å². The predicted molar refractivity (Wildman–Crippen MR) is 149 cm³/mol. The lowest BCUT2D eigenvalue weighted by atomic mass is 9.93. The minimum atomic E-state index is -0.771. The number of fused-ring (bicyclic) bond motifs is 1. The first-order valence-electron chi connectivity index (χ1n) is 13.0. The summed E-state index contributed by atoms with van der Waals surface area (Å²) in [6, 6.07) is 12.6. The molecular formula is C29H32N6O4. The third-order valence-electron chi connectivity index (χ3n) is 6.60. The number of aromatic nitrogens is 3. The molecule has 1 aliphatic rings. The van der Waals surface area contributed by atoms with Crippen LogP contribution < -0.4 is 15.5 Å². The van der Waals surface area contributed by atoms with Gasteiger partial charge in [0.1, 0.15) is 11.6 Å². The number of Topliss-reactive ketones (excluding diaryl/α,β-unsaturated/α-hetero) is 1. The van der Waals surface area contributed by atoms with Crippen LogP contribution in [0.4, 0.5) is 17.2 Å². The van der Waals surface area contributed by atoms with E-state index < -0.39 is 11.7 Å². The van der Waals surface area contributed by atoms with Crippen LogP contribution in [0.3, 0.4) is 0 Å². The van der Waals surface area contributed by atoms with Crippen LogP contribution in [0.25, 0.3) is 10.8 Å². The zero-order chi connectivity index (χ0) is 27.4. The first kappa shape index (κ1) is 26.3. The highest BCUT2D eigenvalue weighted by Gasteiger charge is 2.24. The highest BCUT2D eigenvalue weighted by Crippen LogP contribution is 2.28. The number of nitrogens with one attached hydrogen (secondary N) is 2. The van der Waals surface area contributed by atoms with E-state index in [1.165, 1.54) is 0 Å². The number of morpholine rings is 1. The van der Waals surface area contributed by atoms with Gasteiger partial charge in [-0.3, -0.25) is 9.59 Å². The summed E-state index contributed by atoms with van der Waals surface area (Å²) in [5.74, 6) is 0.152. The molecular weight excluding hydrogens is 496 g/mol. The summed E-state index contributed by atoms with van der Waals surface area (Å²) in [5, 5.41) is 11.4. The molecule has 4 aromatic rings. The van der Waals surface area contributed by atoms with Crippen molar-refractivity contribution in [3.05, 3.63) is 72.0 Å². The quantitative estimate of drug-likeness (QED) is 0.255. The van der Waals surface area contributed by atoms with Crippen molar-refractivity contribution < 1.29 is 18.8 Å². The van der Waals surface area contributed by atoms with Crippen LogP contribution in [0, 0.1) is 0 Å². The monoisotopic (exact) mass is 528 g/mol. The molecule has 0 bridgehead atoms. The van der Waals surface area contributed by atoms with Gasteiger partial charge in [0.25, 0.3) is 11.7 Å². The molecule has 3 heterocycles. The Morgan fingerprint density at radius 1 is 1.00 bits per heavy atom. The number of carbonyl (C=O) groups excluding carboxylic acids is 2. The average Bonchev–Trinajstić information content (AvgIpc) is 3.43. The molecule has 0 aliphatic carbocycles. The molecule has 0 atom stereocenters. The van der Waals surface area contributed by atoms with Gasteiger partial charge in [-0.15, -0.1) is 0 Å². The third kappa shape index (κ3) is 6.06. The van der Waals surface area contributed by atoms with Gasteiger partial charge in [-0.25, -0.2) is 9.97 Å². The van der Waals surface area contributed by atoms with Crippen molar-refractivity contribution in [2.45, 2.75) is 32.6 Å². The molecule has 1 amide bonds. The van der Waals surface area contributed by atoms with Crippen LogP contribution in [0.5, 0.6) is 0 Å². The molecule has 0 radical (unpaired) electrons. The highest BCUT2D eigenvalue weighted by molar-refractivity contribution is 6.48. The molecule has 10 nitrogen and oxygen atoms in total. The Balaban J connectivity index is 1.24. The fourth-order valence-electron chi connectivity index (χ4n) is 4.41. The first-order chi connectivity index (χ1) is 18.8. The molecule has 39 heavy (non-hydrogen) atoms. The lowest BCUT2D eigenvalue weighted by Crippen LogP contribution is -2.36. The second-order valence-electron chi connectivity index (χ2n) is 10.4. The maximum Gasteiger partial charge on any atom is 0.298 e. The van der Waals surface area contributed by atoms with Gasteiger partial charge in [-0.05, 0) is 17.5 Å². The molecule has 10 heteroatoms. The summed E-state index contributed by atoms with van der Waals surface area (Å²) >= 11 is 0. The van der Waals surface area contributed by atoms with Gasteiger partial charge in [-0.2, -0.15) is 0 Å². The lowest BCUT2D eigenvalue weighted by molar-refractivity contribution is -0.112. The van der Waals surface area contributed by atoms with Crippen molar-refractivity contribution in [3.8, 4) is 0 Å². The number of ketones is 1. The molecule has 1 aliphatic heterocycles. The van der Waals surface area contributed by atoms with E-state index in [2.05, 4.69) is 30.7 Å². The van der Waals surface area contributed by atoms with Crippen molar-refractivity contribution in [3.63, 3.8) is 0 Å². The van der Waals surface area contributed by atoms with Gasteiger partial charge in [0.05, 0.1) is 31.3 Å². The van der Waals surface area contributed by atoms with E-state index in [4.69, 9.17) is 9.26 Å². The Kier molecular flexibility index (Phi) is 7.56. The van der Waals surface area contributed by atoms with Crippen molar-refractivity contribution in [1.82, 2.24) is 15.1 Å². The second-order valence-corrected chi connectivity index (χ2v) is 10.4. The largest absolute Gasteiger partial charge is 0.384 e.